The molecule has 0 aliphatic rings. The van der Waals surface area contributed by atoms with E-state index in [0.717, 1.165) is 48.2 Å². The number of thioether (sulfide) groups is 1. The lowest BCUT2D eigenvalue weighted by Crippen LogP contribution is -2.24. The smallest absolute Gasteiger partial charge is 0.251 e. The summed E-state index contributed by atoms with van der Waals surface area (Å²) >= 11 is 1.27. The molecule has 1 heterocycles. The van der Waals surface area contributed by atoms with Crippen LogP contribution in [0.2, 0.25) is 0 Å². The summed E-state index contributed by atoms with van der Waals surface area (Å²) < 4.78 is 0. The lowest BCUT2D eigenvalue weighted by atomic mass is 10.0. The molecule has 6 heteroatoms. The van der Waals surface area contributed by atoms with Crippen LogP contribution in [0, 0.1) is 0 Å². The first-order chi connectivity index (χ1) is 12.5. The Morgan fingerprint density at radius 1 is 1.23 bits per heavy atom. The lowest BCUT2D eigenvalue weighted by Gasteiger charge is -2.17. The van der Waals surface area contributed by atoms with Crippen molar-refractivity contribution in [1.82, 2.24) is 9.97 Å². The Morgan fingerprint density at radius 3 is 2.46 bits per heavy atom. The van der Waals surface area contributed by atoms with Crippen molar-refractivity contribution in [3.05, 3.63) is 51.4 Å². The number of nitrogens with one attached hydrogen (secondary N) is 2. The minimum Gasteiger partial charge on any atom is -0.325 e. The molecule has 1 aromatic carbocycles. The van der Waals surface area contributed by atoms with Crippen LogP contribution in [0.1, 0.15) is 50.9 Å². The second-order valence-corrected chi connectivity index (χ2v) is 7.53. The predicted molar refractivity (Wildman–Crippen MR) is 108 cm³/mol. The molecule has 1 amide bonds. The Hall–Kier alpha value is -2.08. The Morgan fingerprint density at radius 2 is 1.88 bits per heavy atom. The van der Waals surface area contributed by atoms with Crippen molar-refractivity contribution in [3.63, 3.8) is 0 Å². The molecule has 0 saturated carbocycles. The molecular formula is C20H27N3O2S. The van der Waals surface area contributed by atoms with Crippen molar-refractivity contribution in [3.8, 4) is 0 Å². The highest BCUT2D eigenvalue weighted by atomic mass is 32.2. The molecule has 0 fully saturated rings. The topological polar surface area (TPSA) is 74.8 Å². The van der Waals surface area contributed by atoms with Crippen LogP contribution in [-0.2, 0) is 24.1 Å². The van der Waals surface area contributed by atoms with Crippen molar-refractivity contribution in [2.24, 2.45) is 0 Å². The van der Waals surface area contributed by atoms with Crippen molar-refractivity contribution < 1.29 is 4.79 Å². The number of aryl methyl sites for hydroxylation is 3. The number of carbonyl (C=O) groups excluding carboxylic acids is 1. The van der Waals surface area contributed by atoms with E-state index in [4.69, 9.17) is 0 Å². The highest BCUT2D eigenvalue weighted by molar-refractivity contribution is 8.00. The molecule has 1 atom stereocenters. The van der Waals surface area contributed by atoms with Crippen LogP contribution in [0.4, 0.5) is 5.69 Å². The van der Waals surface area contributed by atoms with Gasteiger partial charge in [-0.1, -0.05) is 57.2 Å². The van der Waals surface area contributed by atoms with Gasteiger partial charge in [-0.05, 0) is 37.3 Å². The minimum absolute atomic E-state index is 0.0888. The molecule has 0 aliphatic heterocycles. The number of H-pyrrole nitrogens is 1. The summed E-state index contributed by atoms with van der Waals surface area (Å²) in [6, 6.07) is 7.63. The van der Waals surface area contributed by atoms with Gasteiger partial charge in [0.1, 0.15) is 0 Å². The summed E-state index contributed by atoms with van der Waals surface area (Å²) in [4.78, 5) is 31.6. The molecule has 2 rings (SSSR count). The standard InChI is InChI=1S/C20H27N3O2S/c1-5-9-16-12-17(24)22-20(21-16)26-13(4)19(25)23-18-14(6-2)10-8-11-15(18)7-3/h8,10-13H,5-7,9H2,1-4H3,(H,23,25)(H,21,22,24). The first-order valence-electron chi connectivity index (χ1n) is 9.16. The molecular weight excluding hydrogens is 346 g/mol. The van der Waals surface area contributed by atoms with Gasteiger partial charge in [-0.15, -0.1) is 0 Å². The number of amides is 1. The Labute approximate surface area is 159 Å². The van der Waals surface area contributed by atoms with Gasteiger partial charge in [0.2, 0.25) is 5.91 Å². The molecule has 2 aromatic rings. The number of anilines is 1. The van der Waals surface area contributed by atoms with Gasteiger partial charge in [0.05, 0.1) is 5.25 Å². The number of para-hydroxylation sites is 1. The lowest BCUT2D eigenvalue weighted by molar-refractivity contribution is -0.115. The second kappa shape index (κ2) is 9.57. The van der Waals surface area contributed by atoms with E-state index in [1.54, 1.807) is 0 Å². The van der Waals surface area contributed by atoms with E-state index < -0.39 is 0 Å². The fourth-order valence-corrected chi connectivity index (χ4v) is 3.60. The molecule has 0 spiro atoms. The third-order valence-electron chi connectivity index (χ3n) is 4.18. The average molecular weight is 374 g/mol. The quantitative estimate of drug-likeness (QED) is 0.542. The molecule has 1 aromatic heterocycles. The zero-order chi connectivity index (χ0) is 19.1. The number of aromatic amines is 1. The number of benzene rings is 1. The zero-order valence-corrected chi connectivity index (χ0v) is 16.7. The number of hydrogen-bond acceptors (Lipinski definition) is 4. The zero-order valence-electron chi connectivity index (χ0n) is 15.9. The summed E-state index contributed by atoms with van der Waals surface area (Å²) in [5, 5.41) is 3.19. The largest absolute Gasteiger partial charge is 0.325 e. The number of rotatable bonds is 8. The number of hydrogen-bond donors (Lipinski definition) is 2. The third-order valence-corrected chi connectivity index (χ3v) is 5.17. The van der Waals surface area contributed by atoms with Crippen molar-refractivity contribution in [2.45, 2.75) is 63.8 Å². The number of carbonyl (C=O) groups is 1. The summed E-state index contributed by atoms with van der Waals surface area (Å²) in [5.74, 6) is -0.0888. The van der Waals surface area contributed by atoms with Gasteiger partial charge in [0.15, 0.2) is 5.16 Å². The van der Waals surface area contributed by atoms with Gasteiger partial charge in [-0.3, -0.25) is 9.59 Å². The molecule has 0 saturated heterocycles. The molecule has 2 N–H and O–H groups in total. The number of aromatic nitrogens is 2. The monoisotopic (exact) mass is 373 g/mol. The maximum absolute atomic E-state index is 12.7. The second-order valence-electron chi connectivity index (χ2n) is 6.20. The molecule has 140 valence electrons. The first kappa shape index (κ1) is 20.2. The van der Waals surface area contributed by atoms with Gasteiger partial charge >= 0.3 is 0 Å². The average Bonchev–Trinajstić information content (AvgIpc) is 2.61. The van der Waals surface area contributed by atoms with Gasteiger partial charge in [0, 0.05) is 17.4 Å². The van der Waals surface area contributed by atoms with Gasteiger partial charge in [-0.25, -0.2) is 4.98 Å². The maximum Gasteiger partial charge on any atom is 0.251 e. The summed E-state index contributed by atoms with van der Waals surface area (Å²) in [5.41, 5.74) is 3.76. The van der Waals surface area contributed by atoms with E-state index in [9.17, 15) is 9.59 Å². The van der Waals surface area contributed by atoms with E-state index in [1.165, 1.54) is 17.8 Å². The molecule has 1 unspecified atom stereocenters. The van der Waals surface area contributed by atoms with Crippen molar-refractivity contribution >= 4 is 23.4 Å². The third kappa shape index (κ3) is 5.21. The molecule has 0 radical (unpaired) electrons. The van der Waals surface area contributed by atoms with Crippen LogP contribution in [0.5, 0.6) is 0 Å². The first-order valence-corrected chi connectivity index (χ1v) is 10.0. The van der Waals surface area contributed by atoms with Crippen LogP contribution < -0.4 is 10.9 Å². The van der Waals surface area contributed by atoms with Crippen molar-refractivity contribution in [1.29, 1.82) is 0 Å². The molecule has 0 bridgehead atoms. The van der Waals surface area contributed by atoms with Crippen LogP contribution in [0.25, 0.3) is 0 Å². The molecule has 0 aliphatic carbocycles. The summed E-state index contributed by atoms with van der Waals surface area (Å²) in [6.07, 6.45) is 3.39. The summed E-state index contributed by atoms with van der Waals surface area (Å²) in [6.45, 7) is 8.03. The highest BCUT2D eigenvalue weighted by Gasteiger charge is 2.18. The normalized spacial score (nSPS) is 12.0. The van der Waals surface area contributed by atoms with Crippen LogP contribution >= 0.6 is 11.8 Å². The maximum atomic E-state index is 12.7. The van der Waals surface area contributed by atoms with E-state index >= 15 is 0 Å². The Bertz CT molecular complexity index is 795. The molecule has 26 heavy (non-hydrogen) atoms. The predicted octanol–water partition coefficient (Wildman–Crippen LogP) is 3.97. The fourth-order valence-electron chi connectivity index (χ4n) is 2.77. The van der Waals surface area contributed by atoms with Crippen LogP contribution in [0.15, 0.2) is 34.2 Å². The van der Waals surface area contributed by atoms with Gasteiger partial charge in [-0.2, -0.15) is 0 Å². The Balaban J connectivity index is 2.15. The SMILES string of the molecule is CCCc1cc(=O)[nH]c(SC(C)C(=O)Nc2c(CC)cccc2CC)n1. The number of nitrogens with zero attached hydrogens (tertiary/aromatic N) is 1. The van der Waals surface area contributed by atoms with Crippen molar-refractivity contribution in [2.75, 3.05) is 5.32 Å². The highest BCUT2D eigenvalue weighted by Crippen LogP contribution is 2.25. The van der Waals surface area contributed by atoms with E-state index in [2.05, 4.69) is 29.1 Å². The van der Waals surface area contributed by atoms with E-state index in [0.29, 0.717) is 5.16 Å². The van der Waals surface area contributed by atoms with Gasteiger partial charge < -0.3 is 10.3 Å². The van der Waals surface area contributed by atoms with Gasteiger partial charge in [0.25, 0.3) is 5.56 Å². The fraction of sp³-hybridized carbons (Fsp3) is 0.450. The van der Waals surface area contributed by atoms with Crippen LogP contribution in [-0.4, -0.2) is 21.1 Å². The Kier molecular flexibility index (Phi) is 7.45. The van der Waals surface area contributed by atoms with E-state index in [-0.39, 0.29) is 16.7 Å². The molecule has 5 nitrogen and oxygen atoms in total. The summed E-state index contributed by atoms with van der Waals surface area (Å²) in [7, 11) is 0. The van der Waals surface area contributed by atoms with E-state index in [1.807, 2.05) is 32.0 Å². The van der Waals surface area contributed by atoms with Crippen LogP contribution in [0.3, 0.4) is 0 Å². The minimum atomic E-state index is -0.371.